The monoisotopic (exact) mass is 177 g/mol. The van der Waals surface area contributed by atoms with Crippen molar-refractivity contribution in [2.24, 2.45) is 10.9 Å². The van der Waals surface area contributed by atoms with Crippen LogP contribution in [-0.4, -0.2) is 12.8 Å². The quantitative estimate of drug-likeness (QED) is 0.355. The molecule has 0 spiro atoms. The molecule has 0 saturated carbocycles. The highest BCUT2D eigenvalue weighted by Crippen LogP contribution is 2.06. The molecule has 0 fully saturated rings. The summed E-state index contributed by atoms with van der Waals surface area (Å²) in [5.41, 5.74) is 0. The second-order valence-electron chi connectivity index (χ2n) is 2.88. The zero-order valence-electron chi connectivity index (χ0n) is 8.03. The SMILES string of the molecule is CCCCCC(C#N)C=NCC#N. The van der Waals surface area contributed by atoms with Gasteiger partial charge in [-0.3, -0.25) is 4.99 Å². The molecule has 1 unspecified atom stereocenters. The van der Waals surface area contributed by atoms with Gasteiger partial charge in [0.25, 0.3) is 0 Å². The van der Waals surface area contributed by atoms with E-state index in [0.29, 0.717) is 0 Å². The maximum atomic E-state index is 8.70. The maximum absolute atomic E-state index is 8.70. The van der Waals surface area contributed by atoms with Crippen LogP contribution in [-0.2, 0) is 0 Å². The van der Waals surface area contributed by atoms with Crippen molar-refractivity contribution in [1.82, 2.24) is 0 Å². The smallest absolute Gasteiger partial charge is 0.125 e. The largest absolute Gasteiger partial charge is 0.281 e. The number of unbranched alkanes of at least 4 members (excludes halogenated alkanes) is 2. The first-order chi connectivity index (χ1) is 6.35. The van der Waals surface area contributed by atoms with Crippen LogP contribution in [0.25, 0.3) is 0 Å². The van der Waals surface area contributed by atoms with Crippen LogP contribution >= 0.6 is 0 Å². The van der Waals surface area contributed by atoms with Crippen LogP contribution in [0.3, 0.4) is 0 Å². The number of hydrogen-bond donors (Lipinski definition) is 0. The first-order valence-electron chi connectivity index (χ1n) is 4.61. The van der Waals surface area contributed by atoms with E-state index in [1.165, 1.54) is 0 Å². The van der Waals surface area contributed by atoms with Crippen molar-refractivity contribution in [2.75, 3.05) is 6.54 Å². The summed E-state index contributed by atoms with van der Waals surface area (Å²) < 4.78 is 0. The summed E-state index contributed by atoms with van der Waals surface area (Å²) >= 11 is 0. The van der Waals surface area contributed by atoms with Crippen LogP contribution in [0, 0.1) is 28.6 Å². The average Bonchev–Trinajstić information content (AvgIpc) is 2.16. The van der Waals surface area contributed by atoms with Gasteiger partial charge in [0.1, 0.15) is 6.54 Å². The highest BCUT2D eigenvalue weighted by atomic mass is 14.7. The van der Waals surface area contributed by atoms with Crippen molar-refractivity contribution in [1.29, 1.82) is 10.5 Å². The third-order valence-electron chi connectivity index (χ3n) is 1.73. The summed E-state index contributed by atoms with van der Waals surface area (Å²) in [4.78, 5) is 3.83. The molecule has 0 aliphatic rings. The van der Waals surface area contributed by atoms with E-state index in [9.17, 15) is 0 Å². The van der Waals surface area contributed by atoms with Crippen LogP contribution < -0.4 is 0 Å². The number of nitrogens with zero attached hydrogens (tertiary/aromatic N) is 3. The lowest BCUT2D eigenvalue weighted by Gasteiger charge is -2.00. The van der Waals surface area contributed by atoms with Gasteiger partial charge in [-0.25, -0.2) is 0 Å². The lowest BCUT2D eigenvalue weighted by Crippen LogP contribution is -1.98. The van der Waals surface area contributed by atoms with Crippen molar-refractivity contribution in [3.05, 3.63) is 0 Å². The van der Waals surface area contributed by atoms with E-state index < -0.39 is 0 Å². The van der Waals surface area contributed by atoms with Crippen molar-refractivity contribution in [3.8, 4) is 12.1 Å². The van der Waals surface area contributed by atoms with E-state index >= 15 is 0 Å². The Morgan fingerprint density at radius 2 is 2.15 bits per heavy atom. The average molecular weight is 177 g/mol. The summed E-state index contributed by atoms with van der Waals surface area (Å²) in [7, 11) is 0. The number of nitriles is 2. The van der Waals surface area contributed by atoms with E-state index in [4.69, 9.17) is 10.5 Å². The van der Waals surface area contributed by atoms with Crippen LogP contribution in [0.1, 0.15) is 32.6 Å². The van der Waals surface area contributed by atoms with Gasteiger partial charge in [-0.15, -0.1) is 0 Å². The molecule has 0 radical (unpaired) electrons. The molecule has 0 heterocycles. The minimum Gasteiger partial charge on any atom is -0.281 e. The van der Waals surface area contributed by atoms with Gasteiger partial charge in [0.05, 0.1) is 18.1 Å². The van der Waals surface area contributed by atoms with Crippen LogP contribution in [0.2, 0.25) is 0 Å². The van der Waals surface area contributed by atoms with Gasteiger partial charge in [-0.2, -0.15) is 10.5 Å². The summed E-state index contributed by atoms with van der Waals surface area (Å²) in [6.45, 7) is 2.29. The molecule has 0 rings (SSSR count). The molecule has 13 heavy (non-hydrogen) atoms. The molecule has 1 atom stereocenters. The molecular weight excluding hydrogens is 162 g/mol. The van der Waals surface area contributed by atoms with E-state index in [-0.39, 0.29) is 12.5 Å². The molecule has 70 valence electrons. The van der Waals surface area contributed by atoms with E-state index in [0.717, 1.165) is 25.7 Å². The fourth-order valence-corrected chi connectivity index (χ4v) is 1.01. The summed E-state index contributed by atoms with van der Waals surface area (Å²) in [6, 6.07) is 4.07. The van der Waals surface area contributed by atoms with E-state index in [2.05, 4.69) is 18.0 Å². The van der Waals surface area contributed by atoms with Crippen molar-refractivity contribution in [2.45, 2.75) is 32.6 Å². The molecule has 0 saturated heterocycles. The minimum absolute atomic E-state index is 0.111. The molecule has 0 aromatic carbocycles. The van der Waals surface area contributed by atoms with Gasteiger partial charge in [-0.1, -0.05) is 26.2 Å². The zero-order valence-corrected chi connectivity index (χ0v) is 8.03. The van der Waals surface area contributed by atoms with E-state index in [1.54, 1.807) is 6.21 Å². The van der Waals surface area contributed by atoms with Gasteiger partial charge < -0.3 is 0 Å². The van der Waals surface area contributed by atoms with Crippen molar-refractivity contribution >= 4 is 6.21 Å². The molecule has 0 bridgehead atoms. The van der Waals surface area contributed by atoms with Gasteiger partial charge >= 0.3 is 0 Å². The molecule has 0 aliphatic heterocycles. The summed E-state index contributed by atoms with van der Waals surface area (Å²) in [5.74, 6) is -0.111. The summed E-state index contributed by atoms with van der Waals surface area (Å²) in [5, 5.41) is 16.9. The second kappa shape index (κ2) is 8.74. The highest BCUT2D eigenvalue weighted by molar-refractivity contribution is 5.64. The van der Waals surface area contributed by atoms with Crippen LogP contribution in [0.15, 0.2) is 4.99 Å². The molecule has 0 aromatic rings. The molecule has 0 N–H and O–H groups in total. The third-order valence-corrected chi connectivity index (χ3v) is 1.73. The number of aliphatic imine (C=N–C) groups is 1. The van der Waals surface area contributed by atoms with Crippen LogP contribution in [0.5, 0.6) is 0 Å². The Hall–Kier alpha value is -1.35. The Morgan fingerprint density at radius 1 is 1.38 bits per heavy atom. The molecule has 3 heteroatoms. The standard InChI is InChI=1S/C10H15N3/c1-2-3-4-5-10(8-12)9-13-7-6-11/h9-10H,2-5,7H2,1H3. The second-order valence-corrected chi connectivity index (χ2v) is 2.88. The predicted octanol–water partition coefficient (Wildman–Crippen LogP) is 2.30. The van der Waals surface area contributed by atoms with Gasteiger partial charge in [-0.05, 0) is 6.42 Å². The molecule has 0 aliphatic carbocycles. The Balaban J connectivity index is 3.66. The molecule has 0 amide bonds. The third kappa shape index (κ3) is 7.03. The number of hydrogen-bond acceptors (Lipinski definition) is 3. The first-order valence-corrected chi connectivity index (χ1v) is 4.61. The first kappa shape index (κ1) is 11.6. The molecule has 3 nitrogen and oxygen atoms in total. The van der Waals surface area contributed by atoms with Crippen LogP contribution in [0.4, 0.5) is 0 Å². The van der Waals surface area contributed by atoms with Gasteiger partial charge in [0, 0.05) is 6.21 Å². The molecular formula is C10H15N3. The number of rotatable bonds is 6. The topological polar surface area (TPSA) is 59.9 Å². The zero-order chi connectivity index (χ0) is 9.94. The lowest BCUT2D eigenvalue weighted by atomic mass is 10.0. The normalized spacial score (nSPS) is 12.2. The molecule has 0 aromatic heterocycles. The summed E-state index contributed by atoms with van der Waals surface area (Å²) in [6.07, 6.45) is 5.84. The Kier molecular flexibility index (Phi) is 7.84. The van der Waals surface area contributed by atoms with Gasteiger partial charge in [0.15, 0.2) is 0 Å². The fourth-order valence-electron chi connectivity index (χ4n) is 1.01. The Labute approximate surface area is 79.7 Å². The predicted molar refractivity (Wildman–Crippen MR) is 52.2 cm³/mol. The van der Waals surface area contributed by atoms with Gasteiger partial charge in [0.2, 0.25) is 0 Å². The lowest BCUT2D eigenvalue weighted by molar-refractivity contribution is 0.639. The minimum atomic E-state index is -0.111. The fraction of sp³-hybridized carbons (Fsp3) is 0.700. The van der Waals surface area contributed by atoms with Crippen molar-refractivity contribution in [3.63, 3.8) is 0 Å². The Bertz CT molecular complexity index is 219. The highest BCUT2D eigenvalue weighted by Gasteiger charge is 2.01. The Morgan fingerprint density at radius 3 is 2.69 bits per heavy atom. The van der Waals surface area contributed by atoms with E-state index in [1.807, 2.05) is 6.07 Å². The van der Waals surface area contributed by atoms with Crippen molar-refractivity contribution < 1.29 is 0 Å². The maximum Gasteiger partial charge on any atom is 0.125 e.